The van der Waals surface area contributed by atoms with Crippen LogP contribution in [0.1, 0.15) is 12.8 Å². The first-order valence-electron chi connectivity index (χ1n) is 6.06. The summed E-state index contributed by atoms with van der Waals surface area (Å²) in [6, 6.07) is 4.85. The SMILES string of the molecule is COc1ccc(N)cc1NS(=O)(=O)C1CCOCC1. The van der Waals surface area contributed by atoms with E-state index in [4.69, 9.17) is 15.2 Å². The number of nitrogens with two attached hydrogens (primary N) is 1. The molecule has 1 aromatic carbocycles. The van der Waals surface area contributed by atoms with Crippen LogP contribution in [0.3, 0.4) is 0 Å². The Balaban J connectivity index is 2.21. The lowest BCUT2D eigenvalue weighted by molar-refractivity contribution is 0.0984. The van der Waals surface area contributed by atoms with Crippen LogP contribution < -0.4 is 15.2 Å². The van der Waals surface area contributed by atoms with Gasteiger partial charge in [-0.05, 0) is 31.0 Å². The lowest BCUT2D eigenvalue weighted by Crippen LogP contribution is -2.33. The van der Waals surface area contributed by atoms with E-state index in [1.165, 1.54) is 7.11 Å². The normalized spacial score (nSPS) is 17.1. The summed E-state index contributed by atoms with van der Waals surface area (Å²) in [5.41, 5.74) is 6.52. The molecule has 0 amide bonds. The molecular weight excluding hydrogens is 268 g/mol. The molecule has 0 atom stereocenters. The summed E-state index contributed by atoms with van der Waals surface area (Å²) in [5, 5.41) is -0.438. The van der Waals surface area contributed by atoms with E-state index in [1.807, 2.05) is 0 Å². The van der Waals surface area contributed by atoms with Crippen molar-refractivity contribution < 1.29 is 17.9 Å². The van der Waals surface area contributed by atoms with Crippen molar-refractivity contribution in [2.75, 3.05) is 30.8 Å². The maximum absolute atomic E-state index is 12.3. The fraction of sp³-hybridized carbons (Fsp3) is 0.500. The lowest BCUT2D eigenvalue weighted by atomic mass is 10.2. The van der Waals surface area contributed by atoms with Crippen molar-refractivity contribution >= 4 is 21.4 Å². The maximum Gasteiger partial charge on any atom is 0.235 e. The number of rotatable bonds is 4. The first-order chi connectivity index (χ1) is 9.03. The Labute approximate surface area is 112 Å². The molecule has 0 aliphatic carbocycles. The monoisotopic (exact) mass is 286 g/mol. The number of hydrogen-bond donors (Lipinski definition) is 2. The van der Waals surface area contributed by atoms with Gasteiger partial charge in [-0.15, -0.1) is 0 Å². The van der Waals surface area contributed by atoms with E-state index in [-0.39, 0.29) is 0 Å². The van der Waals surface area contributed by atoms with Crippen LogP contribution in [0.4, 0.5) is 11.4 Å². The van der Waals surface area contributed by atoms with Crippen LogP contribution in [0.15, 0.2) is 18.2 Å². The van der Waals surface area contributed by atoms with Crippen molar-refractivity contribution in [1.82, 2.24) is 0 Å². The fourth-order valence-electron chi connectivity index (χ4n) is 2.03. The lowest BCUT2D eigenvalue weighted by Gasteiger charge is -2.23. The molecule has 0 aromatic heterocycles. The molecule has 3 N–H and O–H groups in total. The summed E-state index contributed by atoms with van der Waals surface area (Å²) in [5.74, 6) is 0.449. The predicted octanol–water partition coefficient (Wildman–Crippen LogP) is 1.20. The van der Waals surface area contributed by atoms with Gasteiger partial charge in [-0.2, -0.15) is 0 Å². The molecular formula is C12H18N2O4S. The zero-order valence-electron chi connectivity index (χ0n) is 10.8. The average molecular weight is 286 g/mol. The summed E-state index contributed by atoms with van der Waals surface area (Å²) in [6.07, 6.45) is 1.000. The van der Waals surface area contributed by atoms with Gasteiger partial charge in [-0.1, -0.05) is 0 Å². The third kappa shape index (κ3) is 3.30. The van der Waals surface area contributed by atoms with Crippen LogP contribution in [0.25, 0.3) is 0 Å². The van der Waals surface area contributed by atoms with Crippen molar-refractivity contribution in [3.05, 3.63) is 18.2 Å². The average Bonchev–Trinajstić information content (AvgIpc) is 2.39. The van der Waals surface area contributed by atoms with Gasteiger partial charge in [0.15, 0.2) is 0 Å². The topological polar surface area (TPSA) is 90.6 Å². The van der Waals surface area contributed by atoms with Crippen LogP contribution in [-0.4, -0.2) is 34.0 Å². The second-order valence-electron chi connectivity index (χ2n) is 4.42. The Kier molecular flexibility index (Phi) is 4.16. The molecule has 1 aliphatic rings. The molecule has 19 heavy (non-hydrogen) atoms. The Hall–Kier alpha value is -1.47. The van der Waals surface area contributed by atoms with Crippen molar-refractivity contribution in [2.45, 2.75) is 18.1 Å². The van der Waals surface area contributed by atoms with Gasteiger partial charge in [0.05, 0.1) is 18.0 Å². The Morgan fingerprint density at radius 1 is 1.37 bits per heavy atom. The Bertz CT molecular complexity index is 539. The fourth-order valence-corrected chi connectivity index (χ4v) is 3.47. The number of methoxy groups -OCH3 is 1. The summed E-state index contributed by atoms with van der Waals surface area (Å²) in [6.45, 7) is 0.944. The summed E-state index contributed by atoms with van der Waals surface area (Å²) in [7, 11) is -1.97. The zero-order chi connectivity index (χ0) is 13.9. The number of nitrogen functional groups attached to an aromatic ring is 1. The van der Waals surface area contributed by atoms with E-state index in [1.54, 1.807) is 18.2 Å². The first-order valence-corrected chi connectivity index (χ1v) is 7.60. The highest BCUT2D eigenvalue weighted by Gasteiger charge is 2.28. The number of sulfonamides is 1. The van der Waals surface area contributed by atoms with E-state index in [2.05, 4.69) is 4.72 Å². The number of ether oxygens (including phenoxy) is 2. The van der Waals surface area contributed by atoms with Gasteiger partial charge in [0, 0.05) is 18.9 Å². The minimum atomic E-state index is -3.45. The zero-order valence-corrected chi connectivity index (χ0v) is 11.6. The molecule has 1 aromatic rings. The molecule has 0 saturated carbocycles. The number of anilines is 2. The quantitative estimate of drug-likeness (QED) is 0.812. The minimum Gasteiger partial charge on any atom is -0.495 e. The van der Waals surface area contributed by atoms with E-state index < -0.39 is 15.3 Å². The number of hydrogen-bond acceptors (Lipinski definition) is 5. The third-order valence-electron chi connectivity index (χ3n) is 3.08. The van der Waals surface area contributed by atoms with Crippen molar-refractivity contribution in [1.29, 1.82) is 0 Å². The van der Waals surface area contributed by atoms with E-state index >= 15 is 0 Å². The van der Waals surface area contributed by atoms with Gasteiger partial charge in [-0.3, -0.25) is 4.72 Å². The summed E-state index contributed by atoms with van der Waals surface area (Å²) < 4.78 is 37.4. The molecule has 0 spiro atoms. The summed E-state index contributed by atoms with van der Waals surface area (Å²) in [4.78, 5) is 0. The highest BCUT2D eigenvalue weighted by molar-refractivity contribution is 7.93. The molecule has 1 saturated heterocycles. The molecule has 1 aliphatic heterocycles. The van der Waals surface area contributed by atoms with Crippen LogP contribution in [0.5, 0.6) is 5.75 Å². The highest BCUT2D eigenvalue weighted by atomic mass is 32.2. The van der Waals surface area contributed by atoms with Crippen LogP contribution in [-0.2, 0) is 14.8 Å². The molecule has 0 radical (unpaired) electrons. The summed E-state index contributed by atoms with van der Waals surface area (Å²) >= 11 is 0. The minimum absolute atomic E-state index is 0.369. The Morgan fingerprint density at radius 2 is 2.05 bits per heavy atom. The molecule has 6 nitrogen and oxygen atoms in total. The Morgan fingerprint density at radius 3 is 2.68 bits per heavy atom. The maximum atomic E-state index is 12.3. The second-order valence-corrected chi connectivity index (χ2v) is 6.38. The molecule has 7 heteroatoms. The standard InChI is InChI=1S/C12H18N2O4S/c1-17-12-3-2-9(13)8-11(12)14-19(15,16)10-4-6-18-7-5-10/h2-3,8,10,14H,4-7,13H2,1H3. The predicted molar refractivity (Wildman–Crippen MR) is 73.8 cm³/mol. The van der Waals surface area contributed by atoms with Gasteiger partial charge in [0.25, 0.3) is 0 Å². The van der Waals surface area contributed by atoms with Crippen LogP contribution in [0, 0.1) is 0 Å². The van der Waals surface area contributed by atoms with Crippen molar-refractivity contribution in [3.8, 4) is 5.75 Å². The number of nitrogens with one attached hydrogen (secondary N) is 1. The molecule has 0 unspecified atom stereocenters. The second kappa shape index (κ2) is 5.66. The van der Waals surface area contributed by atoms with Crippen molar-refractivity contribution in [3.63, 3.8) is 0 Å². The van der Waals surface area contributed by atoms with Gasteiger partial charge in [-0.25, -0.2) is 8.42 Å². The third-order valence-corrected chi connectivity index (χ3v) is 4.94. The van der Waals surface area contributed by atoms with E-state index in [9.17, 15) is 8.42 Å². The van der Waals surface area contributed by atoms with E-state index in [0.29, 0.717) is 43.2 Å². The van der Waals surface area contributed by atoms with Crippen molar-refractivity contribution in [2.24, 2.45) is 0 Å². The smallest absolute Gasteiger partial charge is 0.235 e. The van der Waals surface area contributed by atoms with Crippen LogP contribution >= 0.6 is 0 Å². The largest absolute Gasteiger partial charge is 0.495 e. The van der Waals surface area contributed by atoms with Gasteiger partial charge in [0.2, 0.25) is 10.0 Å². The molecule has 1 fully saturated rings. The van der Waals surface area contributed by atoms with Crippen LogP contribution in [0.2, 0.25) is 0 Å². The molecule has 2 rings (SSSR count). The van der Waals surface area contributed by atoms with E-state index in [0.717, 1.165) is 0 Å². The highest BCUT2D eigenvalue weighted by Crippen LogP contribution is 2.29. The van der Waals surface area contributed by atoms with Gasteiger partial charge in [0.1, 0.15) is 5.75 Å². The first kappa shape index (κ1) is 14.0. The number of benzene rings is 1. The molecule has 1 heterocycles. The molecule has 106 valence electrons. The van der Waals surface area contributed by atoms with Gasteiger partial charge < -0.3 is 15.2 Å². The molecule has 0 bridgehead atoms. The van der Waals surface area contributed by atoms with Gasteiger partial charge >= 0.3 is 0 Å².